The van der Waals surface area contributed by atoms with Crippen LogP contribution in [0.25, 0.3) is 0 Å². The fraction of sp³-hybridized carbons (Fsp3) is 0.870. The molecule has 1 N–H and O–H groups in total. The normalized spacial score (nSPS) is 11.4. The van der Waals surface area contributed by atoms with Crippen LogP contribution >= 0.6 is 0 Å². The molecule has 0 amide bonds. The number of hydrogen-bond acceptors (Lipinski definition) is 1. The zero-order valence-corrected chi connectivity index (χ0v) is 16.9. The second-order valence-electron chi connectivity index (χ2n) is 7.54. The minimum Gasteiger partial charge on any atom is -0.478 e. The molecule has 0 aromatic heterocycles. The van der Waals surface area contributed by atoms with Crippen LogP contribution in [0.4, 0.5) is 0 Å². The summed E-state index contributed by atoms with van der Waals surface area (Å²) in [5.74, 6) is -0.831. The summed E-state index contributed by atoms with van der Waals surface area (Å²) in [6.07, 6.45) is 28.9. The van der Waals surface area contributed by atoms with Gasteiger partial charge in [-0.25, -0.2) is 4.79 Å². The average Bonchev–Trinajstić information content (AvgIpc) is 2.60. The van der Waals surface area contributed by atoms with Crippen LogP contribution in [0, 0.1) is 0 Å². The van der Waals surface area contributed by atoms with Crippen molar-refractivity contribution in [1.29, 1.82) is 0 Å². The van der Waals surface area contributed by atoms with Crippen molar-refractivity contribution in [2.24, 2.45) is 0 Å². The van der Waals surface area contributed by atoms with Gasteiger partial charge in [0.05, 0.1) is 0 Å². The highest BCUT2D eigenvalue weighted by molar-refractivity contribution is 5.79. The summed E-state index contributed by atoms with van der Waals surface area (Å²) >= 11 is 0. The Balaban J connectivity index is 3.01. The van der Waals surface area contributed by atoms with Crippen molar-refractivity contribution in [3.63, 3.8) is 0 Å². The number of aliphatic carboxylic acids is 1. The highest BCUT2D eigenvalue weighted by Crippen LogP contribution is 2.14. The summed E-state index contributed by atoms with van der Waals surface area (Å²) in [7, 11) is 0. The highest BCUT2D eigenvalue weighted by atomic mass is 16.4. The molecular weight excluding hydrogens is 308 g/mol. The minimum atomic E-state index is -0.831. The summed E-state index contributed by atoms with van der Waals surface area (Å²) in [5.41, 5.74) is 0. The fourth-order valence-corrected chi connectivity index (χ4v) is 3.35. The predicted molar refractivity (Wildman–Crippen MR) is 110 cm³/mol. The summed E-state index contributed by atoms with van der Waals surface area (Å²) in [5, 5.41) is 8.48. The lowest BCUT2D eigenvalue weighted by molar-refractivity contribution is -0.131. The topological polar surface area (TPSA) is 37.3 Å². The summed E-state index contributed by atoms with van der Waals surface area (Å²) < 4.78 is 0. The smallest absolute Gasteiger partial charge is 0.327 e. The third-order valence-electron chi connectivity index (χ3n) is 4.98. The van der Waals surface area contributed by atoms with Crippen LogP contribution in [0.5, 0.6) is 0 Å². The molecule has 0 aromatic rings. The molecule has 0 fully saturated rings. The van der Waals surface area contributed by atoms with Gasteiger partial charge in [-0.2, -0.15) is 0 Å². The van der Waals surface area contributed by atoms with Gasteiger partial charge in [-0.05, 0) is 12.8 Å². The Bertz CT molecular complexity index is 296. The molecule has 2 nitrogen and oxygen atoms in total. The summed E-state index contributed by atoms with van der Waals surface area (Å²) in [4.78, 5) is 10.3. The maximum absolute atomic E-state index is 10.3. The van der Waals surface area contributed by atoms with Gasteiger partial charge in [0.25, 0.3) is 0 Å². The van der Waals surface area contributed by atoms with E-state index in [1.807, 2.05) is 0 Å². The van der Waals surface area contributed by atoms with Gasteiger partial charge in [-0.3, -0.25) is 0 Å². The molecule has 0 saturated carbocycles. The quantitative estimate of drug-likeness (QED) is 0.178. The molecule has 148 valence electrons. The molecule has 0 aliphatic heterocycles. The monoisotopic (exact) mass is 352 g/mol. The number of rotatable bonds is 20. The van der Waals surface area contributed by atoms with Crippen molar-refractivity contribution in [1.82, 2.24) is 0 Å². The molecule has 0 spiro atoms. The maximum Gasteiger partial charge on any atom is 0.327 e. The van der Waals surface area contributed by atoms with E-state index in [2.05, 4.69) is 6.92 Å². The van der Waals surface area contributed by atoms with E-state index in [1.165, 1.54) is 115 Å². The van der Waals surface area contributed by atoms with Gasteiger partial charge >= 0.3 is 5.97 Å². The van der Waals surface area contributed by atoms with Crippen molar-refractivity contribution in [3.05, 3.63) is 12.2 Å². The van der Waals surface area contributed by atoms with Crippen LogP contribution in [0.3, 0.4) is 0 Å². The second-order valence-corrected chi connectivity index (χ2v) is 7.54. The zero-order valence-electron chi connectivity index (χ0n) is 16.9. The Kier molecular flexibility index (Phi) is 20.6. The van der Waals surface area contributed by atoms with Crippen LogP contribution < -0.4 is 0 Å². The third-order valence-corrected chi connectivity index (χ3v) is 4.98. The molecule has 0 bridgehead atoms. The zero-order chi connectivity index (χ0) is 18.4. The Morgan fingerprint density at radius 3 is 1.24 bits per heavy atom. The van der Waals surface area contributed by atoms with Gasteiger partial charge in [-0.1, -0.05) is 122 Å². The van der Waals surface area contributed by atoms with Crippen LogP contribution in [-0.2, 0) is 4.79 Å². The fourth-order valence-electron chi connectivity index (χ4n) is 3.35. The Morgan fingerprint density at radius 2 is 0.920 bits per heavy atom. The lowest BCUT2D eigenvalue weighted by Crippen LogP contribution is -1.86. The van der Waals surface area contributed by atoms with E-state index in [0.29, 0.717) is 0 Å². The highest BCUT2D eigenvalue weighted by Gasteiger charge is 1.95. The standard InChI is InChI=1S/C23H44O2/c1-2-3-4-5-6-7-8-9-10-11-12-13-14-15-16-17-18-19-20-21-22-23(24)25/h21-22H,2-20H2,1H3,(H,24,25)/b22-21+. The van der Waals surface area contributed by atoms with Crippen LogP contribution in [0.15, 0.2) is 12.2 Å². The Hall–Kier alpha value is -0.790. The molecule has 25 heavy (non-hydrogen) atoms. The number of carboxylic acid groups (broad SMARTS) is 1. The van der Waals surface area contributed by atoms with E-state index in [1.54, 1.807) is 6.08 Å². The van der Waals surface area contributed by atoms with Crippen LogP contribution in [0.2, 0.25) is 0 Å². The molecule has 0 unspecified atom stereocenters. The number of unbranched alkanes of at least 4 members (excludes halogenated alkanes) is 18. The molecule has 0 atom stereocenters. The van der Waals surface area contributed by atoms with Gasteiger partial charge in [0.15, 0.2) is 0 Å². The summed E-state index contributed by atoms with van der Waals surface area (Å²) in [6, 6.07) is 0. The largest absolute Gasteiger partial charge is 0.478 e. The van der Waals surface area contributed by atoms with E-state index in [4.69, 9.17) is 5.11 Å². The molecule has 0 aliphatic rings. The lowest BCUT2D eigenvalue weighted by Gasteiger charge is -2.03. The first-order valence-electron chi connectivity index (χ1n) is 11.2. The second kappa shape index (κ2) is 21.3. The molecule has 0 heterocycles. The molecular formula is C23H44O2. The first kappa shape index (κ1) is 24.2. The van der Waals surface area contributed by atoms with Crippen molar-refractivity contribution >= 4 is 5.97 Å². The number of hydrogen-bond donors (Lipinski definition) is 1. The van der Waals surface area contributed by atoms with Crippen molar-refractivity contribution in [3.8, 4) is 0 Å². The van der Waals surface area contributed by atoms with E-state index in [-0.39, 0.29) is 0 Å². The number of carbonyl (C=O) groups is 1. The molecule has 0 rings (SSSR count). The summed E-state index contributed by atoms with van der Waals surface area (Å²) in [6.45, 7) is 2.28. The first-order valence-corrected chi connectivity index (χ1v) is 11.2. The Labute approximate surface area is 157 Å². The Morgan fingerprint density at radius 1 is 0.600 bits per heavy atom. The first-order chi connectivity index (χ1) is 12.3. The van der Waals surface area contributed by atoms with Crippen LogP contribution in [-0.4, -0.2) is 11.1 Å². The van der Waals surface area contributed by atoms with Crippen LogP contribution in [0.1, 0.15) is 129 Å². The van der Waals surface area contributed by atoms with Gasteiger partial charge in [-0.15, -0.1) is 0 Å². The average molecular weight is 353 g/mol. The molecule has 0 aliphatic carbocycles. The van der Waals surface area contributed by atoms with E-state index in [0.717, 1.165) is 12.8 Å². The van der Waals surface area contributed by atoms with E-state index in [9.17, 15) is 4.79 Å². The molecule has 2 heteroatoms. The van der Waals surface area contributed by atoms with E-state index >= 15 is 0 Å². The predicted octanol–water partition coefficient (Wildman–Crippen LogP) is 8.06. The lowest BCUT2D eigenvalue weighted by atomic mass is 10.0. The van der Waals surface area contributed by atoms with Gasteiger partial charge in [0.2, 0.25) is 0 Å². The van der Waals surface area contributed by atoms with E-state index < -0.39 is 5.97 Å². The number of carboxylic acids is 1. The van der Waals surface area contributed by atoms with Gasteiger partial charge in [0.1, 0.15) is 0 Å². The molecule has 0 radical (unpaired) electrons. The molecule has 0 aromatic carbocycles. The maximum atomic E-state index is 10.3. The van der Waals surface area contributed by atoms with Crippen molar-refractivity contribution in [2.75, 3.05) is 0 Å². The minimum absolute atomic E-state index is 0.831. The van der Waals surface area contributed by atoms with Gasteiger partial charge in [0, 0.05) is 6.08 Å². The van der Waals surface area contributed by atoms with Gasteiger partial charge < -0.3 is 5.11 Å². The van der Waals surface area contributed by atoms with Crippen molar-refractivity contribution < 1.29 is 9.90 Å². The SMILES string of the molecule is CCCCCCCCCCCCCCCCCCCC/C=C/C(=O)O. The molecule has 0 saturated heterocycles. The third kappa shape index (κ3) is 23.2. The van der Waals surface area contributed by atoms with Crippen molar-refractivity contribution in [2.45, 2.75) is 129 Å². The number of allylic oxidation sites excluding steroid dienone is 1.